The Balaban J connectivity index is 1.44. The SMILES string of the molecule is COc1ccncc1-c1cc2c(cnn2-c2cc(N3C[C@H](CS(C)(=O)=O)[C@H]3C)cc(N3CCC(F)(F)CC3)n2)c(C)n1. The minimum absolute atomic E-state index is 0.00465. The molecular weight excluding hydrogens is 564 g/mol. The van der Waals surface area contributed by atoms with Crippen LogP contribution in [0.1, 0.15) is 25.5 Å². The molecule has 0 aliphatic carbocycles. The van der Waals surface area contributed by atoms with E-state index in [2.05, 4.69) is 15.0 Å². The van der Waals surface area contributed by atoms with Crippen LogP contribution in [0, 0.1) is 12.8 Å². The van der Waals surface area contributed by atoms with Gasteiger partial charge in [0, 0.05) is 92.0 Å². The van der Waals surface area contributed by atoms with E-state index in [0.717, 1.165) is 27.8 Å². The molecule has 4 aromatic heterocycles. The smallest absolute Gasteiger partial charge is 0.251 e. The van der Waals surface area contributed by atoms with Crippen LogP contribution in [0.4, 0.5) is 20.3 Å². The monoisotopic (exact) mass is 597 g/mol. The number of fused-ring (bicyclic) bond motifs is 1. The Kier molecular flexibility index (Phi) is 7.03. The summed E-state index contributed by atoms with van der Waals surface area (Å²) in [5.74, 6) is -0.808. The first kappa shape index (κ1) is 28.3. The summed E-state index contributed by atoms with van der Waals surface area (Å²) in [6.07, 6.45) is 5.88. The number of hydrogen-bond donors (Lipinski definition) is 0. The van der Waals surface area contributed by atoms with Crippen LogP contribution < -0.4 is 14.5 Å². The van der Waals surface area contributed by atoms with Gasteiger partial charge in [-0.15, -0.1) is 0 Å². The van der Waals surface area contributed by atoms with Gasteiger partial charge < -0.3 is 14.5 Å². The van der Waals surface area contributed by atoms with Crippen LogP contribution >= 0.6 is 0 Å². The maximum Gasteiger partial charge on any atom is 0.251 e. The van der Waals surface area contributed by atoms with Crippen LogP contribution in [0.25, 0.3) is 28.0 Å². The fraction of sp³-hybridized carbons (Fsp3) is 0.448. The van der Waals surface area contributed by atoms with E-state index >= 15 is 0 Å². The highest BCUT2D eigenvalue weighted by molar-refractivity contribution is 7.90. The summed E-state index contributed by atoms with van der Waals surface area (Å²) < 4.78 is 59.2. The van der Waals surface area contributed by atoms with Crippen molar-refractivity contribution < 1.29 is 21.9 Å². The van der Waals surface area contributed by atoms with E-state index in [-0.39, 0.29) is 43.6 Å². The lowest BCUT2D eigenvalue weighted by Gasteiger charge is -2.48. The van der Waals surface area contributed by atoms with Crippen molar-refractivity contribution in [2.75, 3.05) is 48.6 Å². The summed E-state index contributed by atoms with van der Waals surface area (Å²) in [4.78, 5) is 17.9. The number of sulfone groups is 1. The van der Waals surface area contributed by atoms with Gasteiger partial charge in [0.1, 0.15) is 21.4 Å². The summed E-state index contributed by atoms with van der Waals surface area (Å²) in [6.45, 7) is 4.86. The van der Waals surface area contributed by atoms with Crippen LogP contribution in [0.5, 0.6) is 5.75 Å². The fourth-order valence-corrected chi connectivity index (χ4v) is 7.01. The third-order valence-corrected chi connectivity index (χ3v) is 9.34. The quantitative estimate of drug-likeness (QED) is 0.308. The minimum Gasteiger partial charge on any atom is -0.496 e. The summed E-state index contributed by atoms with van der Waals surface area (Å²) in [5, 5.41) is 5.52. The molecule has 6 heterocycles. The maximum atomic E-state index is 14.0. The van der Waals surface area contributed by atoms with Crippen LogP contribution in [-0.4, -0.2) is 83.9 Å². The largest absolute Gasteiger partial charge is 0.496 e. The van der Waals surface area contributed by atoms with Crippen LogP contribution in [0.15, 0.2) is 42.9 Å². The molecule has 0 radical (unpaired) electrons. The molecule has 2 saturated heterocycles. The predicted octanol–water partition coefficient (Wildman–Crippen LogP) is 4.30. The van der Waals surface area contributed by atoms with E-state index in [1.807, 2.05) is 36.9 Å². The second kappa shape index (κ2) is 10.4. The Labute approximate surface area is 243 Å². The molecule has 2 aliphatic heterocycles. The van der Waals surface area contributed by atoms with Crippen LogP contribution in [0.3, 0.4) is 0 Å². The van der Waals surface area contributed by atoms with Crippen molar-refractivity contribution >= 4 is 32.2 Å². The minimum atomic E-state index is -3.11. The van der Waals surface area contributed by atoms with Gasteiger partial charge in [-0.3, -0.25) is 9.97 Å². The lowest BCUT2D eigenvalue weighted by Crippen LogP contribution is -2.57. The number of ether oxygens (including phenoxy) is 1. The number of anilines is 2. The van der Waals surface area contributed by atoms with Crippen molar-refractivity contribution in [2.45, 2.75) is 38.7 Å². The van der Waals surface area contributed by atoms with Gasteiger partial charge in [0.05, 0.1) is 35.8 Å². The molecule has 0 spiro atoms. The highest BCUT2D eigenvalue weighted by Gasteiger charge is 2.39. The molecule has 0 unspecified atom stereocenters. The molecule has 2 aliphatic rings. The van der Waals surface area contributed by atoms with Gasteiger partial charge in [0.15, 0.2) is 5.82 Å². The predicted molar refractivity (Wildman–Crippen MR) is 158 cm³/mol. The van der Waals surface area contributed by atoms with Gasteiger partial charge in [0.2, 0.25) is 0 Å². The number of halogens is 2. The zero-order chi connectivity index (χ0) is 29.8. The Hall–Kier alpha value is -3.87. The number of methoxy groups -OCH3 is 1. The molecule has 4 aromatic rings. The van der Waals surface area contributed by atoms with E-state index in [0.29, 0.717) is 29.6 Å². The topological polar surface area (TPSA) is 106 Å². The lowest BCUT2D eigenvalue weighted by molar-refractivity contribution is -0.0221. The van der Waals surface area contributed by atoms with Crippen LogP contribution in [-0.2, 0) is 9.84 Å². The van der Waals surface area contributed by atoms with Crippen molar-refractivity contribution in [1.82, 2.24) is 24.7 Å². The molecule has 0 saturated carbocycles. The number of pyridine rings is 3. The molecule has 0 N–H and O–H groups in total. The van der Waals surface area contributed by atoms with Crippen molar-refractivity contribution in [2.24, 2.45) is 5.92 Å². The first-order valence-corrected chi connectivity index (χ1v) is 15.9. The molecule has 0 aromatic carbocycles. The molecule has 13 heteroatoms. The average molecular weight is 598 g/mol. The van der Waals surface area contributed by atoms with Crippen molar-refractivity contribution in [3.8, 4) is 22.8 Å². The summed E-state index contributed by atoms with van der Waals surface area (Å²) in [7, 11) is -1.52. The lowest BCUT2D eigenvalue weighted by atomic mass is 9.91. The first-order valence-electron chi connectivity index (χ1n) is 13.9. The third kappa shape index (κ3) is 5.37. The molecule has 2 fully saturated rings. The Morgan fingerprint density at radius 1 is 1.10 bits per heavy atom. The summed E-state index contributed by atoms with van der Waals surface area (Å²) in [5.41, 5.74) is 3.79. The average Bonchev–Trinajstić information content (AvgIpc) is 3.39. The highest BCUT2D eigenvalue weighted by atomic mass is 32.2. The van der Waals surface area contributed by atoms with Gasteiger partial charge >= 0.3 is 0 Å². The first-order chi connectivity index (χ1) is 19.9. The molecule has 2 atom stereocenters. The van der Waals surface area contributed by atoms with E-state index in [9.17, 15) is 17.2 Å². The number of piperidine rings is 1. The highest BCUT2D eigenvalue weighted by Crippen LogP contribution is 2.37. The normalized spacial score (nSPS) is 20.5. The standard InChI is InChI=1S/C29H33F2N7O3S/c1-18-22-15-33-38(25(22)13-24(34-18)23-14-32-8-5-26(23)41-3)28-12-21(37-16-20(19(37)2)17-42(4,39)40)11-27(35-28)36-9-6-29(30,31)7-10-36/h5,8,11-15,19-20H,6-7,9-10,16-17H2,1-4H3/t19-,20-/m1/s1. The zero-order valence-electron chi connectivity index (χ0n) is 24.0. The van der Waals surface area contributed by atoms with Gasteiger partial charge in [-0.05, 0) is 26.0 Å². The van der Waals surface area contributed by atoms with E-state index in [1.54, 1.807) is 36.4 Å². The maximum absolute atomic E-state index is 14.0. The number of aromatic nitrogens is 5. The van der Waals surface area contributed by atoms with Gasteiger partial charge in [0.25, 0.3) is 5.92 Å². The second-order valence-electron chi connectivity index (χ2n) is 11.3. The van der Waals surface area contributed by atoms with E-state index in [4.69, 9.17) is 14.7 Å². The number of alkyl halides is 2. The van der Waals surface area contributed by atoms with Crippen molar-refractivity contribution in [1.29, 1.82) is 0 Å². The molecule has 6 rings (SSSR count). The Morgan fingerprint density at radius 3 is 2.52 bits per heavy atom. The molecular formula is C29H33F2N7O3S. The number of aryl methyl sites for hydroxylation is 1. The summed E-state index contributed by atoms with van der Waals surface area (Å²) >= 11 is 0. The van der Waals surface area contributed by atoms with Gasteiger partial charge in [-0.2, -0.15) is 5.10 Å². The Bertz CT molecular complexity index is 1750. The number of nitrogens with zero attached hydrogens (tertiary/aromatic N) is 7. The number of hydrogen-bond acceptors (Lipinski definition) is 9. The van der Waals surface area contributed by atoms with Crippen molar-refractivity contribution in [3.63, 3.8) is 0 Å². The zero-order valence-corrected chi connectivity index (χ0v) is 24.8. The van der Waals surface area contributed by atoms with E-state index in [1.165, 1.54) is 6.26 Å². The van der Waals surface area contributed by atoms with Crippen molar-refractivity contribution in [3.05, 3.63) is 48.5 Å². The van der Waals surface area contributed by atoms with E-state index < -0.39 is 15.8 Å². The van der Waals surface area contributed by atoms with Gasteiger partial charge in [-0.25, -0.2) is 26.9 Å². The fourth-order valence-electron chi connectivity index (χ4n) is 5.85. The second-order valence-corrected chi connectivity index (χ2v) is 13.5. The molecule has 0 bridgehead atoms. The number of rotatable bonds is 7. The van der Waals surface area contributed by atoms with Crippen LogP contribution in [0.2, 0.25) is 0 Å². The molecule has 10 nitrogen and oxygen atoms in total. The summed E-state index contributed by atoms with van der Waals surface area (Å²) in [6, 6.07) is 7.50. The molecule has 222 valence electrons. The Morgan fingerprint density at radius 2 is 1.83 bits per heavy atom. The molecule has 42 heavy (non-hydrogen) atoms. The van der Waals surface area contributed by atoms with Gasteiger partial charge in [-0.1, -0.05) is 0 Å². The third-order valence-electron chi connectivity index (χ3n) is 8.31. The molecule has 0 amide bonds.